The lowest BCUT2D eigenvalue weighted by molar-refractivity contribution is 0.0854. The molecule has 3 saturated heterocycles. The zero-order valence-corrected chi connectivity index (χ0v) is 26.4. The normalized spacial score (nSPS) is 24.7. The van der Waals surface area contributed by atoms with E-state index >= 15 is 0 Å². The molecule has 0 aliphatic carbocycles. The molecule has 6 rings (SSSR count). The van der Waals surface area contributed by atoms with Gasteiger partial charge in [-0.05, 0) is 138 Å². The fraction of sp³-hybridized carbons (Fsp3) is 0.553. The van der Waals surface area contributed by atoms with Gasteiger partial charge < -0.3 is 19.9 Å². The predicted octanol–water partition coefficient (Wildman–Crippen LogP) is 7.23. The number of nitrogens with one attached hydrogen (secondary N) is 1. The Bertz CT molecular complexity index is 1360. The highest BCUT2D eigenvalue weighted by molar-refractivity contribution is 6.00. The molecule has 5 nitrogen and oxygen atoms in total. The molecule has 0 amide bonds. The first-order valence-electron chi connectivity index (χ1n) is 17.0. The van der Waals surface area contributed by atoms with Gasteiger partial charge in [0.05, 0.1) is 12.1 Å². The van der Waals surface area contributed by atoms with Crippen LogP contribution in [0.1, 0.15) is 87.6 Å². The first-order chi connectivity index (χ1) is 21.0. The molecule has 43 heavy (non-hydrogen) atoms. The molecule has 5 heteroatoms. The van der Waals surface area contributed by atoms with Crippen molar-refractivity contribution >= 4 is 16.6 Å². The first-order valence-corrected chi connectivity index (χ1v) is 17.0. The lowest BCUT2D eigenvalue weighted by Crippen LogP contribution is -2.47. The number of rotatable bonds is 9. The lowest BCUT2D eigenvalue weighted by Gasteiger charge is -2.42. The van der Waals surface area contributed by atoms with Crippen molar-refractivity contribution in [1.82, 2.24) is 15.1 Å². The quantitative estimate of drug-likeness (QED) is 0.270. The maximum atomic E-state index is 14.1. The van der Waals surface area contributed by atoms with Gasteiger partial charge in [-0.15, -0.1) is 0 Å². The molecule has 3 fully saturated rings. The topological polar surface area (TPSA) is 44.8 Å². The Kier molecular flexibility index (Phi) is 9.81. The molecule has 0 spiro atoms. The number of hydrogen-bond donors (Lipinski definition) is 1. The number of ether oxygens (including phenoxy) is 1. The Morgan fingerprint density at radius 1 is 0.907 bits per heavy atom. The van der Waals surface area contributed by atoms with Crippen molar-refractivity contribution in [2.24, 2.45) is 0 Å². The molecule has 2 unspecified atom stereocenters. The Labute approximate surface area is 259 Å². The summed E-state index contributed by atoms with van der Waals surface area (Å²) in [7, 11) is 0. The number of fused-ring (bicyclic) bond motifs is 1. The number of likely N-dealkylation sites (tertiary alicyclic amines) is 2. The Morgan fingerprint density at radius 3 is 2.49 bits per heavy atom. The SMILES string of the molecule is CC(C)Oc1cccc(C(=O)C2CC(CCN3CCC(N4CCCCC4)CC3)(c3ccc4ccccc4c3)CCCN2)c1. The largest absolute Gasteiger partial charge is 0.491 e. The van der Waals surface area contributed by atoms with Crippen molar-refractivity contribution in [2.45, 2.75) is 95.2 Å². The van der Waals surface area contributed by atoms with Gasteiger partial charge in [0.1, 0.15) is 5.75 Å². The minimum atomic E-state index is -0.215. The molecule has 0 aromatic heterocycles. The molecule has 3 heterocycles. The van der Waals surface area contributed by atoms with E-state index in [1.807, 2.05) is 38.1 Å². The summed E-state index contributed by atoms with van der Waals surface area (Å²) < 4.78 is 5.94. The van der Waals surface area contributed by atoms with E-state index < -0.39 is 0 Å². The van der Waals surface area contributed by atoms with Gasteiger partial charge in [-0.3, -0.25) is 4.79 Å². The fourth-order valence-electron chi connectivity index (χ4n) is 7.97. The smallest absolute Gasteiger partial charge is 0.179 e. The maximum absolute atomic E-state index is 14.1. The van der Waals surface area contributed by atoms with Crippen LogP contribution in [0, 0.1) is 0 Å². The molecule has 2 atom stereocenters. The zero-order chi connectivity index (χ0) is 29.6. The second kappa shape index (κ2) is 13.9. The highest BCUT2D eigenvalue weighted by atomic mass is 16.5. The van der Waals surface area contributed by atoms with Crippen LogP contribution in [-0.2, 0) is 5.41 Å². The minimum Gasteiger partial charge on any atom is -0.491 e. The summed E-state index contributed by atoms with van der Waals surface area (Å²) in [5, 5.41) is 6.24. The van der Waals surface area contributed by atoms with Crippen molar-refractivity contribution < 1.29 is 9.53 Å². The van der Waals surface area contributed by atoms with Gasteiger partial charge in [-0.2, -0.15) is 0 Å². The summed E-state index contributed by atoms with van der Waals surface area (Å²) in [5.74, 6) is 0.951. The zero-order valence-electron chi connectivity index (χ0n) is 26.4. The summed E-state index contributed by atoms with van der Waals surface area (Å²) in [5.41, 5.74) is 2.08. The van der Waals surface area contributed by atoms with E-state index in [2.05, 4.69) is 57.6 Å². The van der Waals surface area contributed by atoms with Crippen LogP contribution in [0.5, 0.6) is 5.75 Å². The summed E-state index contributed by atoms with van der Waals surface area (Å²) in [4.78, 5) is 19.6. The van der Waals surface area contributed by atoms with Crippen molar-refractivity contribution in [3.63, 3.8) is 0 Å². The van der Waals surface area contributed by atoms with Gasteiger partial charge in [0.25, 0.3) is 0 Å². The molecule has 0 bridgehead atoms. The van der Waals surface area contributed by atoms with E-state index in [9.17, 15) is 4.79 Å². The molecule has 230 valence electrons. The van der Waals surface area contributed by atoms with E-state index in [-0.39, 0.29) is 23.3 Å². The highest BCUT2D eigenvalue weighted by Gasteiger charge is 2.39. The molecule has 3 aliphatic heterocycles. The van der Waals surface area contributed by atoms with Crippen molar-refractivity contribution in [1.29, 1.82) is 0 Å². The van der Waals surface area contributed by atoms with Crippen molar-refractivity contribution in [3.8, 4) is 5.75 Å². The van der Waals surface area contributed by atoms with Crippen molar-refractivity contribution in [2.75, 3.05) is 39.3 Å². The second-order valence-corrected chi connectivity index (χ2v) is 13.6. The van der Waals surface area contributed by atoms with Gasteiger partial charge >= 0.3 is 0 Å². The van der Waals surface area contributed by atoms with Gasteiger partial charge in [-0.1, -0.05) is 61.0 Å². The first kappa shape index (κ1) is 30.3. The number of hydrogen-bond acceptors (Lipinski definition) is 5. The predicted molar refractivity (Wildman–Crippen MR) is 177 cm³/mol. The summed E-state index contributed by atoms with van der Waals surface area (Å²) >= 11 is 0. The molecular weight excluding hydrogens is 530 g/mol. The van der Waals surface area contributed by atoms with Gasteiger partial charge in [0, 0.05) is 11.6 Å². The monoisotopic (exact) mass is 581 g/mol. The molecule has 3 aliphatic rings. The number of carbonyl (C=O) groups is 1. The average molecular weight is 582 g/mol. The Hall–Kier alpha value is -2.73. The third-order valence-corrected chi connectivity index (χ3v) is 10.4. The Balaban J connectivity index is 1.23. The van der Waals surface area contributed by atoms with Crippen LogP contribution in [0.15, 0.2) is 66.7 Å². The van der Waals surface area contributed by atoms with Gasteiger partial charge in [0.2, 0.25) is 0 Å². The van der Waals surface area contributed by atoms with Crippen LogP contribution in [0.3, 0.4) is 0 Å². The number of benzene rings is 3. The van der Waals surface area contributed by atoms with Crippen LogP contribution >= 0.6 is 0 Å². The van der Waals surface area contributed by atoms with E-state index in [4.69, 9.17) is 4.74 Å². The number of carbonyl (C=O) groups excluding carboxylic acids is 1. The van der Waals surface area contributed by atoms with Crippen molar-refractivity contribution in [3.05, 3.63) is 77.9 Å². The third kappa shape index (κ3) is 7.33. The average Bonchev–Trinajstić information content (AvgIpc) is 3.27. The van der Waals surface area contributed by atoms with Crippen LogP contribution in [-0.4, -0.2) is 73.0 Å². The van der Waals surface area contributed by atoms with Crippen LogP contribution in [0.4, 0.5) is 0 Å². The van der Waals surface area contributed by atoms with E-state index in [1.54, 1.807) is 0 Å². The van der Waals surface area contributed by atoms with Crippen LogP contribution in [0.2, 0.25) is 0 Å². The number of Topliss-reactive ketones (excluding diaryl/α,β-unsaturated/α-hetero) is 1. The second-order valence-electron chi connectivity index (χ2n) is 13.6. The summed E-state index contributed by atoms with van der Waals surface area (Å²) in [6, 6.07) is 24.1. The number of piperidine rings is 2. The highest BCUT2D eigenvalue weighted by Crippen LogP contribution is 2.41. The molecule has 3 aromatic carbocycles. The number of ketones is 1. The fourth-order valence-corrected chi connectivity index (χ4v) is 7.97. The summed E-state index contributed by atoms with van der Waals surface area (Å²) in [6.07, 6.45) is 10.9. The van der Waals surface area contributed by atoms with Gasteiger partial charge in [-0.25, -0.2) is 0 Å². The standard InChI is InChI=1S/C38H51N3O2/c1-29(2)43-35-13-8-12-32(27-35)37(42)36-28-38(18-9-20-39-36,33-15-14-30-10-4-5-11-31(30)26-33)19-25-40-23-16-34(17-24-40)41-21-6-3-7-22-41/h4-5,8,10-15,26-27,29,34,36,39H,3,6-7,9,16-25,28H2,1-2H3. The van der Waals surface area contributed by atoms with E-state index in [1.165, 1.54) is 74.6 Å². The third-order valence-electron chi connectivity index (χ3n) is 10.4. The Morgan fingerprint density at radius 2 is 1.70 bits per heavy atom. The van der Waals surface area contributed by atoms with Crippen LogP contribution in [0.25, 0.3) is 10.8 Å². The molecular formula is C38H51N3O2. The number of nitrogens with zero attached hydrogens (tertiary/aromatic N) is 2. The molecule has 3 aromatic rings. The summed E-state index contributed by atoms with van der Waals surface area (Å²) in [6.45, 7) is 11.0. The van der Waals surface area contributed by atoms with E-state index in [0.29, 0.717) is 0 Å². The molecule has 0 saturated carbocycles. The minimum absolute atomic E-state index is 0.0520. The van der Waals surface area contributed by atoms with E-state index in [0.717, 1.165) is 56.1 Å². The van der Waals surface area contributed by atoms with Crippen LogP contribution < -0.4 is 10.1 Å². The molecule has 1 N–H and O–H groups in total. The lowest BCUT2D eigenvalue weighted by atomic mass is 9.69. The molecule has 0 radical (unpaired) electrons. The van der Waals surface area contributed by atoms with Gasteiger partial charge in [0.15, 0.2) is 5.78 Å². The maximum Gasteiger partial charge on any atom is 0.179 e.